The molecule has 0 bridgehead atoms. The molecule has 0 spiro atoms. The summed E-state index contributed by atoms with van der Waals surface area (Å²) in [6.07, 6.45) is -3.69. The Hall–Kier alpha value is -2.45. The van der Waals surface area contributed by atoms with Gasteiger partial charge in [-0.15, -0.1) is 0 Å². The SMILES string of the molecule is Fc1ncccc1C(F)(F)F.Nc1cc(F)c(F)cc1N. The van der Waals surface area contributed by atoms with Gasteiger partial charge in [-0.1, -0.05) is 0 Å². The number of hydrogen-bond acceptors (Lipinski definition) is 3. The first-order chi connectivity index (χ1) is 9.62. The average molecular weight is 309 g/mol. The van der Waals surface area contributed by atoms with E-state index in [0.717, 1.165) is 24.4 Å². The molecule has 0 aliphatic rings. The summed E-state index contributed by atoms with van der Waals surface area (Å²) in [5.74, 6) is -3.45. The zero-order valence-corrected chi connectivity index (χ0v) is 10.3. The zero-order chi connectivity index (χ0) is 16.2. The molecule has 0 aliphatic heterocycles. The van der Waals surface area contributed by atoms with Gasteiger partial charge in [0.25, 0.3) is 0 Å². The molecule has 21 heavy (non-hydrogen) atoms. The van der Waals surface area contributed by atoms with Gasteiger partial charge >= 0.3 is 6.18 Å². The molecular weight excluding hydrogens is 300 g/mol. The molecule has 0 fully saturated rings. The molecule has 1 aromatic heterocycles. The second-order valence-corrected chi connectivity index (χ2v) is 3.73. The van der Waals surface area contributed by atoms with Gasteiger partial charge in [0.2, 0.25) is 5.95 Å². The van der Waals surface area contributed by atoms with E-state index < -0.39 is 29.3 Å². The summed E-state index contributed by atoms with van der Waals surface area (Å²) >= 11 is 0. The fourth-order valence-corrected chi connectivity index (χ4v) is 1.18. The number of nitrogens with two attached hydrogens (primary N) is 2. The smallest absolute Gasteiger partial charge is 0.397 e. The molecule has 2 rings (SSSR count). The van der Waals surface area contributed by atoms with Crippen LogP contribution in [-0.2, 0) is 6.18 Å². The zero-order valence-electron chi connectivity index (χ0n) is 10.3. The molecule has 2 aromatic rings. The van der Waals surface area contributed by atoms with Gasteiger partial charge < -0.3 is 11.5 Å². The summed E-state index contributed by atoms with van der Waals surface area (Å²) < 4.78 is 72.1. The number of anilines is 2. The minimum atomic E-state index is -4.65. The molecule has 0 saturated heterocycles. The highest BCUT2D eigenvalue weighted by molar-refractivity contribution is 5.62. The van der Waals surface area contributed by atoms with Crippen molar-refractivity contribution in [3.63, 3.8) is 0 Å². The van der Waals surface area contributed by atoms with Crippen molar-refractivity contribution in [2.75, 3.05) is 11.5 Å². The van der Waals surface area contributed by atoms with Crippen molar-refractivity contribution >= 4 is 11.4 Å². The predicted octanol–water partition coefficient (Wildman–Crippen LogP) is 3.37. The highest BCUT2D eigenvalue weighted by Gasteiger charge is 2.34. The van der Waals surface area contributed by atoms with Crippen LogP contribution in [0, 0.1) is 17.6 Å². The molecule has 0 radical (unpaired) electrons. The lowest BCUT2D eigenvalue weighted by Gasteiger charge is -2.04. The van der Waals surface area contributed by atoms with Crippen LogP contribution in [-0.4, -0.2) is 4.98 Å². The number of aromatic nitrogens is 1. The fraction of sp³-hybridized carbons (Fsp3) is 0.0833. The Kier molecular flexibility index (Phi) is 5.01. The summed E-state index contributed by atoms with van der Waals surface area (Å²) in [5, 5.41) is 0. The van der Waals surface area contributed by atoms with Crippen molar-refractivity contribution in [3.8, 4) is 0 Å². The Morgan fingerprint density at radius 1 is 0.905 bits per heavy atom. The molecule has 4 N–H and O–H groups in total. The Morgan fingerprint density at radius 2 is 1.38 bits per heavy atom. The van der Waals surface area contributed by atoms with Gasteiger partial charge in [-0.05, 0) is 12.1 Å². The van der Waals surface area contributed by atoms with Crippen molar-refractivity contribution in [1.82, 2.24) is 4.98 Å². The van der Waals surface area contributed by atoms with Gasteiger partial charge in [0.15, 0.2) is 11.6 Å². The Labute approximate surface area is 115 Å². The first-order valence-electron chi connectivity index (χ1n) is 5.30. The molecular formula is C12H9F6N3. The Bertz CT molecular complexity index is 577. The number of hydrogen-bond donors (Lipinski definition) is 2. The Morgan fingerprint density at radius 3 is 1.71 bits per heavy atom. The van der Waals surface area contributed by atoms with Gasteiger partial charge in [-0.25, -0.2) is 13.8 Å². The largest absolute Gasteiger partial charge is 0.420 e. The van der Waals surface area contributed by atoms with Crippen molar-refractivity contribution in [2.24, 2.45) is 0 Å². The number of nitrogen functional groups attached to an aromatic ring is 2. The summed E-state index contributed by atoms with van der Waals surface area (Å²) in [5.41, 5.74) is 9.09. The molecule has 1 aromatic carbocycles. The Balaban J connectivity index is 0.000000211. The summed E-state index contributed by atoms with van der Waals surface area (Å²) in [6.45, 7) is 0. The van der Waals surface area contributed by atoms with Crippen LogP contribution in [0.1, 0.15) is 5.56 Å². The molecule has 0 unspecified atom stereocenters. The van der Waals surface area contributed by atoms with E-state index in [9.17, 15) is 26.3 Å². The van der Waals surface area contributed by atoms with Crippen LogP contribution in [0.3, 0.4) is 0 Å². The minimum Gasteiger partial charge on any atom is -0.397 e. The second-order valence-electron chi connectivity index (χ2n) is 3.73. The molecule has 114 valence electrons. The quantitative estimate of drug-likeness (QED) is 0.445. The van der Waals surface area contributed by atoms with Gasteiger partial charge in [0.1, 0.15) is 5.56 Å². The topological polar surface area (TPSA) is 64.9 Å². The lowest BCUT2D eigenvalue weighted by atomic mass is 10.2. The highest BCUT2D eigenvalue weighted by atomic mass is 19.4. The van der Waals surface area contributed by atoms with Gasteiger partial charge in [-0.2, -0.15) is 17.6 Å². The summed E-state index contributed by atoms with van der Waals surface area (Å²) in [7, 11) is 0. The fourth-order valence-electron chi connectivity index (χ4n) is 1.18. The standard InChI is InChI=1S/C6H3F4N.C6H6F2N2/c7-5-4(6(8,9)10)2-1-3-11-5;7-3-1-5(9)6(10)2-4(3)8/h1-3H;1-2H,9-10H2. The third-order valence-corrected chi connectivity index (χ3v) is 2.19. The van der Waals surface area contributed by atoms with Gasteiger partial charge in [0.05, 0.1) is 11.4 Å². The third-order valence-electron chi connectivity index (χ3n) is 2.19. The average Bonchev–Trinajstić information content (AvgIpc) is 2.36. The normalized spacial score (nSPS) is 10.8. The maximum absolute atomic E-state index is 12.3. The minimum absolute atomic E-state index is 0.0545. The van der Waals surface area contributed by atoms with Crippen LogP contribution in [0.4, 0.5) is 37.7 Å². The van der Waals surface area contributed by atoms with Crippen LogP contribution < -0.4 is 11.5 Å². The number of alkyl halides is 3. The first-order valence-corrected chi connectivity index (χ1v) is 5.30. The molecule has 0 atom stereocenters. The number of benzene rings is 1. The van der Waals surface area contributed by atoms with Crippen LogP contribution in [0.15, 0.2) is 30.5 Å². The van der Waals surface area contributed by atoms with E-state index in [4.69, 9.17) is 11.5 Å². The van der Waals surface area contributed by atoms with E-state index in [1.165, 1.54) is 0 Å². The van der Waals surface area contributed by atoms with E-state index in [1.54, 1.807) is 0 Å². The molecule has 0 aliphatic carbocycles. The van der Waals surface area contributed by atoms with E-state index in [1.807, 2.05) is 0 Å². The van der Waals surface area contributed by atoms with Crippen molar-refractivity contribution in [3.05, 3.63) is 53.6 Å². The van der Waals surface area contributed by atoms with Crippen LogP contribution in [0.25, 0.3) is 0 Å². The highest BCUT2D eigenvalue weighted by Crippen LogP contribution is 2.29. The number of rotatable bonds is 0. The molecule has 0 saturated carbocycles. The van der Waals surface area contributed by atoms with Crippen molar-refractivity contribution in [1.29, 1.82) is 0 Å². The lowest BCUT2D eigenvalue weighted by Crippen LogP contribution is -2.08. The van der Waals surface area contributed by atoms with E-state index in [0.29, 0.717) is 6.07 Å². The predicted molar refractivity (Wildman–Crippen MR) is 64.4 cm³/mol. The van der Waals surface area contributed by atoms with E-state index >= 15 is 0 Å². The molecule has 3 nitrogen and oxygen atoms in total. The van der Waals surface area contributed by atoms with E-state index in [-0.39, 0.29) is 11.4 Å². The number of nitrogens with zero attached hydrogens (tertiary/aromatic N) is 1. The number of halogens is 6. The maximum atomic E-state index is 12.3. The molecule has 9 heteroatoms. The van der Waals surface area contributed by atoms with Crippen LogP contribution in [0.2, 0.25) is 0 Å². The summed E-state index contributed by atoms with van der Waals surface area (Å²) in [4.78, 5) is 2.86. The van der Waals surface area contributed by atoms with Crippen molar-refractivity contribution in [2.45, 2.75) is 6.18 Å². The van der Waals surface area contributed by atoms with E-state index in [2.05, 4.69) is 4.98 Å². The molecule has 1 heterocycles. The second kappa shape index (κ2) is 6.33. The van der Waals surface area contributed by atoms with Crippen LogP contribution in [0.5, 0.6) is 0 Å². The first kappa shape index (κ1) is 16.6. The number of pyridine rings is 1. The maximum Gasteiger partial charge on any atom is 0.420 e. The van der Waals surface area contributed by atoms with Gasteiger partial charge in [-0.3, -0.25) is 0 Å². The van der Waals surface area contributed by atoms with Gasteiger partial charge in [0, 0.05) is 18.3 Å². The molecule has 0 amide bonds. The monoisotopic (exact) mass is 309 g/mol. The van der Waals surface area contributed by atoms with Crippen molar-refractivity contribution < 1.29 is 26.3 Å². The van der Waals surface area contributed by atoms with Crippen LogP contribution >= 0.6 is 0 Å². The summed E-state index contributed by atoms with van der Waals surface area (Å²) in [6, 6.07) is 3.38. The third kappa shape index (κ3) is 4.55. The lowest BCUT2D eigenvalue weighted by molar-refractivity contribution is -0.140.